The number of hydrogen-bond acceptors (Lipinski definition) is 1. The minimum atomic E-state index is -2.48. The van der Waals surface area contributed by atoms with Gasteiger partial charge in [0.1, 0.15) is 0 Å². The van der Waals surface area contributed by atoms with E-state index >= 15 is 0 Å². The third-order valence-electron chi connectivity index (χ3n) is 2.20. The van der Waals surface area contributed by atoms with E-state index in [9.17, 15) is 0 Å². The molecule has 0 unspecified atom stereocenters. The molecule has 0 aromatic heterocycles. The summed E-state index contributed by atoms with van der Waals surface area (Å²) >= 11 is 17.3. The van der Waals surface area contributed by atoms with Gasteiger partial charge in [-0.15, -0.1) is 33.2 Å². The summed E-state index contributed by atoms with van der Waals surface area (Å²) < 4.78 is 5.53. The Labute approximate surface area is 117 Å². The highest BCUT2D eigenvalue weighted by Crippen LogP contribution is 2.26. The summed E-state index contributed by atoms with van der Waals surface area (Å²) in [6.07, 6.45) is 2.61. The van der Waals surface area contributed by atoms with Gasteiger partial charge < -0.3 is 4.74 Å². The van der Waals surface area contributed by atoms with E-state index in [0.29, 0.717) is 19.3 Å². The largest absolute Gasteiger partial charge is 0.377 e. The Hall–Kier alpha value is 0.00688. The number of hydrogen-bond donors (Lipinski definition) is 0. The first kappa shape index (κ1) is 15.1. The smallest absolute Gasteiger partial charge is 0.341 e. The third kappa shape index (κ3) is 7.12. The first-order valence-corrected chi connectivity index (χ1v) is 10.6. The van der Waals surface area contributed by atoms with Crippen LogP contribution in [0.2, 0.25) is 6.04 Å². The molecule has 0 spiro atoms. The Balaban J connectivity index is 2.24. The monoisotopic (exact) mass is 308 g/mol. The van der Waals surface area contributed by atoms with Crippen molar-refractivity contribution in [2.45, 2.75) is 19.1 Å². The second kappa shape index (κ2) is 7.44. The van der Waals surface area contributed by atoms with Gasteiger partial charge in [0.2, 0.25) is 0 Å². The first-order chi connectivity index (χ1) is 8.01. The van der Waals surface area contributed by atoms with Gasteiger partial charge in [-0.2, -0.15) is 0 Å². The van der Waals surface area contributed by atoms with Crippen LogP contribution in [0, 0.1) is 0 Å². The number of ether oxygens (including phenoxy) is 1. The molecule has 5 heteroatoms. The van der Waals surface area contributed by atoms with Crippen molar-refractivity contribution in [1.82, 2.24) is 0 Å². The van der Waals surface area contributed by atoms with Gasteiger partial charge in [-0.1, -0.05) is 30.9 Å². The molecule has 0 aliphatic rings. The van der Waals surface area contributed by atoms with E-state index in [4.69, 9.17) is 38.0 Å². The summed E-state index contributed by atoms with van der Waals surface area (Å²) in [5.41, 5.74) is 2.23. The lowest BCUT2D eigenvalue weighted by atomic mass is 10.1. The van der Waals surface area contributed by atoms with Crippen LogP contribution in [0.15, 0.2) is 30.8 Å². The maximum Gasteiger partial charge on any atom is 0.341 e. The second-order valence-corrected chi connectivity index (χ2v) is 13.0. The van der Waals surface area contributed by atoms with Gasteiger partial charge in [0.25, 0.3) is 0 Å². The van der Waals surface area contributed by atoms with Crippen LogP contribution in [0.5, 0.6) is 0 Å². The normalized spacial score (nSPS) is 11.5. The van der Waals surface area contributed by atoms with E-state index in [1.54, 1.807) is 0 Å². The van der Waals surface area contributed by atoms with Crippen LogP contribution in [0.3, 0.4) is 0 Å². The molecular formula is C12H15Cl3OSi. The fourth-order valence-corrected chi connectivity index (χ4v) is 3.12. The van der Waals surface area contributed by atoms with E-state index in [2.05, 4.69) is 12.6 Å². The van der Waals surface area contributed by atoms with Crippen LogP contribution in [0.1, 0.15) is 17.5 Å². The molecule has 94 valence electrons. The fraction of sp³-hybridized carbons (Fsp3) is 0.333. The van der Waals surface area contributed by atoms with Crippen molar-refractivity contribution in [1.29, 1.82) is 0 Å². The zero-order chi connectivity index (χ0) is 12.7. The summed E-state index contributed by atoms with van der Waals surface area (Å²) in [6, 6.07) is 6.24. The lowest BCUT2D eigenvalue weighted by molar-refractivity contribution is 0.121. The molecule has 17 heavy (non-hydrogen) atoms. The molecule has 1 nitrogen and oxygen atoms in total. The zero-order valence-electron chi connectivity index (χ0n) is 9.46. The van der Waals surface area contributed by atoms with Gasteiger partial charge in [-0.3, -0.25) is 0 Å². The average Bonchev–Trinajstić information content (AvgIpc) is 2.27. The molecule has 0 atom stereocenters. The van der Waals surface area contributed by atoms with Gasteiger partial charge in [0.15, 0.2) is 0 Å². The van der Waals surface area contributed by atoms with Crippen molar-refractivity contribution < 1.29 is 4.74 Å². The van der Waals surface area contributed by atoms with E-state index in [1.165, 1.54) is 0 Å². The predicted molar refractivity (Wildman–Crippen MR) is 78.9 cm³/mol. The molecule has 0 aliphatic carbocycles. The minimum Gasteiger partial charge on any atom is -0.377 e. The molecule has 1 rings (SSSR count). The third-order valence-corrected chi connectivity index (χ3v) is 4.83. The van der Waals surface area contributed by atoms with Crippen molar-refractivity contribution in [3.05, 3.63) is 42.0 Å². The second-order valence-electron chi connectivity index (χ2n) is 3.72. The maximum absolute atomic E-state index is 5.77. The lowest BCUT2D eigenvalue weighted by Gasteiger charge is -2.08. The molecule has 1 aromatic rings. The van der Waals surface area contributed by atoms with Crippen molar-refractivity contribution >= 4 is 45.3 Å². The Kier molecular flexibility index (Phi) is 6.60. The van der Waals surface area contributed by atoms with Crippen molar-refractivity contribution in [3.63, 3.8) is 0 Å². The van der Waals surface area contributed by atoms with Crippen LogP contribution in [0.25, 0.3) is 6.08 Å². The fourth-order valence-electron chi connectivity index (χ4n) is 1.37. The topological polar surface area (TPSA) is 9.23 Å². The van der Waals surface area contributed by atoms with Crippen molar-refractivity contribution in [2.24, 2.45) is 0 Å². The zero-order valence-corrected chi connectivity index (χ0v) is 12.7. The predicted octanol–water partition coefficient (Wildman–Crippen LogP) is 4.89. The number of rotatable bonds is 7. The minimum absolute atomic E-state index is 0.586. The Morgan fingerprint density at radius 1 is 1.29 bits per heavy atom. The highest BCUT2D eigenvalue weighted by Gasteiger charge is 2.23. The van der Waals surface area contributed by atoms with Crippen LogP contribution < -0.4 is 0 Å². The van der Waals surface area contributed by atoms with Crippen molar-refractivity contribution in [3.8, 4) is 0 Å². The van der Waals surface area contributed by atoms with E-state index in [-0.39, 0.29) is 0 Å². The molecule has 0 radical (unpaired) electrons. The van der Waals surface area contributed by atoms with E-state index in [0.717, 1.165) is 17.5 Å². The molecule has 1 aromatic carbocycles. The van der Waals surface area contributed by atoms with Gasteiger partial charge in [0.05, 0.1) is 6.61 Å². The average molecular weight is 310 g/mol. The van der Waals surface area contributed by atoms with Crippen LogP contribution >= 0.6 is 33.2 Å². The maximum atomic E-state index is 5.77. The Bertz CT molecular complexity index is 363. The van der Waals surface area contributed by atoms with Crippen LogP contribution in [0.4, 0.5) is 0 Å². The molecule has 0 heterocycles. The molecule has 0 saturated heterocycles. The molecule has 0 fully saturated rings. The lowest BCUT2D eigenvalue weighted by Crippen LogP contribution is -2.09. The van der Waals surface area contributed by atoms with E-state index in [1.807, 2.05) is 24.3 Å². The summed E-state index contributed by atoms with van der Waals surface area (Å²) in [5.74, 6) is 0. The Morgan fingerprint density at radius 3 is 2.71 bits per heavy atom. The van der Waals surface area contributed by atoms with Gasteiger partial charge in [0, 0.05) is 6.61 Å². The van der Waals surface area contributed by atoms with E-state index < -0.39 is 6.00 Å². The summed E-state index contributed by atoms with van der Waals surface area (Å²) in [7, 11) is 0. The number of halogens is 3. The SMILES string of the molecule is C=Cc1cccc(COCCC[Si](Cl)(Cl)Cl)c1. The molecule has 0 amide bonds. The summed E-state index contributed by atoms with van der Waals surface area (Å²) in [4.78, 5) is 0. The van der Waals surface area contributed by atoms with Gasteiger partial charge in [-0.25, -0.2) is 0 Å². The molecule has 0 N–H and O–H groups in total. The highest BCUT2D eigenvalue weighted by atomic mass is 35.8. The molecule has 0 aliphatic heterocycles. The van der Waals surface area contributed by atoms with Gasteiger partial charge >= 0.3 is 6.00 Å². The highest BCUT2D eigenvalue weighted by molar-refractivity contribution is 7.64. The molecule has 0 bridgehead atoms. The summed E-state index contributed by atoms with van der Waals surface area (Å²) in [6.45, 7) is 4.94. The standard InChI is InChI=1S/C12H15Cl3OSi/c1-2-11-5-3-6-12(9-11)10-16-7-4-8-17(13,14)15/h2-3,5-6,9H,1,4,7-8,10H2. The van der Waals surface area contributed by atoms with Crippen LogP contribution in [-0.2, 0) is 11.3 Å². The quantitative estimate of drug-likeness (QED) is 0.396. The number of benzene rings is 1. The molecule has 0 saturated carbocycles. The Morgan fingerprint density at radius 2 is 2.06 bits per heavy atom. The first-order valence-electron chi connectivity index (χ1n) is 5.37. The van der Waals surface area contributed by atoms with Crippen LogP contribution in [-0.4, -0.2) is 12.6 Å². The summed E-state index contributed by atoms with van der Waals surface area (Å²) in [5, 5.41) is 0. The molecular weight excluding hydrogens is 295 g/mol. The van der Waals surface area contributed by atoms with Crippen molar-refractivity contribution in [2.75, 3.05) is 6.61 Å². The van der Waals surface area contributed by atoms with Gasteiger partial charge in [-0.05, 0) is 29.7 Å².